The average Bonchev–Trinajstić information content (AvgIpc) is 2.16. The molecule has 1 unspecified atom stereocenters. The van der Waals surface area contributed by atoms with Crippen molar-refractivity contribution in [3.05, 3.63) is 28.3 Å². The molecule has 0 saturated heterocycles. The van der Waals surface area contributed by atoms with Crippen LogP contribution in [0.5, 0.6) is 0 Å². The fourth-order valence-electron chi connectivity index (χ4n) is 1.47. The minimum absolute atomic E-state index is 0.00135. The molecule has 6 nitrogen and oxygen atoms in total. The van der Waals surface area contributed by atoms with E-state index in [-0.39, 0.29) is 11.7 Å². The van der Waals surface area contributed by atoms with Gasteiger partial charge in [0.05, 0.1) is 4.92 Å². The highest BCUT2D eigenvalue weighted by Crippen LogP contribution is 2.09. The van der Waals surface area contributed by atoms with E-state index in [0.29, 0.717) is 18.2 Å². The van der Waals surface area contributed by atoms with Gasteiger partial charge in [0, 0.05) is 12.5 Å². The predicted octanol–water partition coefficient (Wildman–Crippen LogP) is 1.30. The van der Waals surface area contributed by atoms with Crippen molar-refractivity contribution in [2.75, 3.05) is 0 Å². The molecule has 0 saturated carbocycles. The fourth-order valence-corrected chi connectivity index (χ4v) is 1.47. The number of nitrogens with two attached hydrogens (primary N) is 1. The van der Waals surface area contributed by atoms with Gasteiger partial charge in [0.25, 0.3) is 0 Å². The minimum Gasteiger partial charge on any atom is -0.327 e. The number of hydrogen-bond donors (Lipinski definition) is 1. The van der Waals surface area contributed by atoms with Gasteiger partial charge >= 0.3 is 5.69 Å². The maximum atomic E-state index is 10.4. The van der Waals surface area contributed by atoms with Crippen LogP contribution in [-0.2, 0) is 6.42 Å². The van der Waals surface area contributed by atoms with Crippen molar-refractivity contribution < 1.29 is 4.92 Å². The van der Waals surface area contributed by atoms with Crippen molar-refractivity contribution in [3.8, 4) is 0 Å². The third kappa shape index (κ3) is 3.90. The largest absolute Gasteiger partial charge is 0.327 e. The summed E-state index contributed by atoms with van der Waals surface area (Å²) in [4.78, 5) is 17.7. The monoisotopic (exact) mass is 224 g/mol. The van der Waals surface area contributed by atoms with Gasteiger partial charge in [0.2, 0.25) is 0 Å². The van der Waals surface area contributed by atoms with Gasteiger partial charge in [0.15, 0.2) is 0 Å². The molecule has 88 valence electrons. The van der Waals surface area contributed by atoms with Crippen molar-refractivity contribution in [2.24, 2.45) is 11.7 Å². The van der Waals surface area contributed by atoms with E-state index < -0.39 is 4.92 Å². The Morgan fingerprint density at radius 3 is 2.44 bits per heavy atom. The van der Waals surface area contributed by atoms with E-state index in [1.807, 2.05) is 0 Å². The Kier molecular flexibility index (Phi) is 4.30. The lowest BCUT2D eigenvalue weighted by Crippen LogP contribution is -2.25. The van der Waals surface area contributed by atoms with Crippen LogP contribution in [0.1, 0.15) is 26.1 Å². The summed E-state index contributed by atoms with van der Waals surface area (Å²) in [6, 6.07) is 0.00135. The van der Waals surface area contributed by atoms with Crippen molar-refractivity contribution in [1.82, 2.24) is 9.97 Å². The first-order chi connectivity index (χ1) is 7.49. The minimum atomic E-state index is -0.516. The standard InChI is InChI=1S/C10H16N4O2/c1-7(2)3-8(11)4-10-12-5-9(6-13-10)14(15)16/h5-8H,3-4,11H2,1-2H3. The van der Waals surface area contributed by atoms with Crippen LogP contribution in [0, 0.1) is 16.0 Å². The molecule has 16 heavy (non-hydrogen) atoms. The molecular weight excluding hydrogens is 208 g/mol. The second-order valence-electron chi connectivity index (χ2n) is 4.21. The van der Waals surface area contributed by atoms with Crippen LogP contribution in [0.2, 0.25) is 0 Å². The van der Waals surface area contributed by atoms with E-state index in [1.54, 1.807) is 0 Å². The van der Waals surface area contributed by atoms with E-state index in [1.165, 1.54) is 12.4 Å². The fraction of sp³-hybridized carbons (Fsp3) is 0.600. The molecule has 6 heteroatoms. The van der Waals surface area contributed by atoms with Crippen molar-refractivity contribution >= 4 is 5.69 Å². The van der Waals surface area contributed by atoms with Gasteiger partial charge in [-0.15, -0.1) is 0 Å². The molecule has 1 aromatic heterocycles. The first-order valence-electron chi connectivity index (χ1n) is 5.20. The molecule has 2 N–H and O–H groups in total. The number of aromatic nitrogens is 2. The summed E-state index contributed by atoms with van der Waals surface area (Å²) in [5, 5.41) is 10.4. The number of nitrogens with zero attached hydrogens (tertiary/aromatic N) is 3. The highest BCUT2D eigenvalue weighted by atomic mass is 16.6. The molecule has 0 radical (unpaired) electrons. The average molecular weight is 224 g/mol. The maximum Gasteiger partial charge on any atom is 0.305 e. The number of rotatable bonds is 5. The van der Waals surface area contributed by atoms with Crippen LogP contribution in [0.25, 0.3) is 0 Å². The first-order valence-corrected chi connectivity index (χ1v) is 5.20. The van der Waals surface area contributed by atoms with Gasteiger partial charge < -0.3 is 5.73 Å². The van der Waals surface area contributed by atoms with E-state index in [2.05, 4.69) is 23.8 Å². The lowest BCUT2D eigenvalue weighted by atomic mass is 10.0. The van der Waals surface area contributed by atoms with Gasteiger partial charge in [-0.1, -0.05) is 13.8 Å². The molecule has 0 aliphatic carbocycles. The lowest BCUT2D eigenvalue weighted by molar-refractivity contribution is -0.385. The molecule has 1 heterocycles. The van der Waals surface area contributed by atoms with Crippen LogP contribution in [0.4, 0.5) is 5.69 Å². The summed E-state index contributed by atoms with van der Waals surface area (Å²) in [7, 11) is 0. The van der Waals surface area contributed by atoms with Gasteiger partial charge in [-0.25, -0.2) is 9.97 Å². The number of nitro groups is 1. The van der Waals surface area contributed by atoms with Gasteiger partial charge in [0.1, 0.15) is 18.2 Å². The van der Waals surface area contributed by atoms with E-state index >= 15 is 0 Å². The Morgan fingerprint density at radius 1 is 1.44 bits per heavy atom. The Morgan fingerprint density at radius 2 is 2.00 bits per heavy atom. The predicted molar refractivity (Wildman–Crippen MR) is 59.8 cm³/mol. The summed E-state index contributed by atoms with van der Waals surface area (Å²) in [5.74, 6) is 1.08. The normalized spacial score (nSPS) is 12.8. The molecule has 0 amide bonds. The lowest BCUT2D eigenvalue weighted by Gasteiger charge is -2.12. The third-order valence-corrected chi connectivity index (χ3v) is 2.12. The van der Waals surface area contributed by atoms with Crippen molar-refractivity contribution in [1.29, 1.82) is 0 Å². The van der Waals surface area contributed by atoms with Gasteiger partial charge in [-0.05, 0) is 12.3 Å². The zero-order chi connectivity index (χ0) is 12.1. The van der Waals surface area contributed by atoms with Crippen LogP contribution >= 0.6 is 0 Å². The summed E-state index contributed by atoms with van der Waals surface area (Å²) in [6.07, 6.45) is 3.87. The second kappa shape index (κ2) is 5.50. The quantitative estimate of drug-likeness (QED) is 0.600. The van der Waals surface area contributed by atoms with Crippen LogP contribution < -0.4 is 5.73 Å². The Labute approximate surface area is 94.1 Å². The highest BCUT2D eigenvalue weighted by molar-refractivity contribution is 5.20. The van der Waals surface area contributed by atoms with Crippen LogP contribution in [0.15, 0.2) is 12.4 Å². The summed E-state index contributed by atoms with van der Waals surface area (Å²) < 4.78 is 0. The Hall–Kier alpha value is -1.56. The summed E-state index contributed by atoms with van der Waals surface area (Å²) in [6.45, 7) is 4.19. The highest BCUT2D eigenvalue weighted by Gasteiger charge is 2.11. The van der Waals surface area contributed by atoms with E-state index in [0.717, 1.165) is 6.42 Å². The molecule has 1 rings (SSSR count). The molecule has 0 aliphatic heterocycles. The first kappa shape index (κ1) is 12.5. The Balaban J connectivity index is 2.58. The molecule has 0 spiro atoms. The second-order valence-corrected chi connectivity index (χ2v) is 4.21. The van der Waals surface area contributed by atoms with Crippen molar-refractivity contribution in [2.45, 2.75) is 32.7 Å². The molecule has 0 aromatic carbocycles. The molecule has 0 bridgehead atoms. The SMILES string of the molecule is CC(C)CC(N)Cc1ncc([N+](=O)[O-])cn1. The number of hydrogen-bond acceptors (Lipinski definition) is 5. The van der Waals surface area contributed by atoms with Crippen LogP contribution in [-0.4, -0.2) is 20.9 Å². The summed E-state index contributed by atoms with van der Waals surface area (Å²) in [5.41, 5.74) is 5.79. The van der Waals surface area contributed by atoms with Crippen molar-refractivity contribution in [3.63, 3.8) is 0 Å². The third-order valence-electron chi connectivity index (χ3n) is 2.12. The molecule has 0 aliphatic rings. The maximum absolute atomic E-state index is 10.4. The zero-order valence-electron chi connectivity index (χ0n) is 9.46. The van der Waals surface area contributed by atoms with E-state index in [4.69, 9.17) is 5.73 Å². The Bertz CT molecular complexity index is 350. The van der Waals surface area contributed by atoms with E-state index in [9.17, 15) is 10.1 Å². The van der Waals surface area contributed by atoms with Gasteiger partial charge in [-0.3, -0.25) is 10.1 Å². The van der Waals surface area contributed by atoms with Crippen LogP contribution in [0.3, 0.4) is 0 Å². The molecular formula is C10H16N4O2. The summed E-state index contributed by atoms with van der Waals surface area (Å²) >= 11 is 0. The molecule has 1 atom stereocenters. The molecule has 0 fully saturated rings. The van der Waals surface area contributed by atoms with Gasteiger partial charge in [-0.2, -0.15) is 0 Å². The molecule has 1 aromatic rings. The topological polar surface area (TPSA) is 94.9 Å². The smallest absolute Gasteiger partial charge is 0.305 e. The zero-order valence-corrected chi connectivity index (χ0v) is 9.46.